The fraction of sp³-hybridized carbons (Fsp3) is 0.833. The van der Waals surface area contributed by atoms with E-state index in [-0.39, 0.29) is 5.79 Å². The fourth-order valence-corrected chi connectivity index (χ4v) is 2.25. The molecular formula is C12H22O2. The van der Waals surface area contributed by atoms with Gasteiger partial charge in [0.15, 0.2) is 5.79 Å². The Hall–Kier alpha value is -0.340. The second-order valence-electron chi connectivity index (χ2n) is 4.13. The molecule has 14 heavy (non-hydrogen) atoms. The summed E-state index contributed by atoms with van der Waals surface area (Å²) in [5, 5.41) is 0. The van der Waals surface area contributed by atoms with Crippen molar-refractivity contribution in [1.82, 2.24) is 0 Å². The molecule has 0 heterocycles. The summed E-state index contributed by atoms with van der Waals surface area (Å²) in [4.78, 5) is 0. The number of hydrogen-bond acceptors (Lipinski definition) is 2. The van der Waals surface area contributed by atoms with Gasteiger partial charge in [-0.05, 0) is 31.6 Å². The average molecular weight is 198 g/mol. The highest BCUT2D eigenvalue weighted by molar-refractivity contribution is 4.81. The van der Waals surface area contributed by atoms with E-state index in [1.165, 1.54) is 19.3 Å². The molecule has 0 saturated heterocycles. The minimum absolute atomic E-state index is 0.287. The molecule has 0 radical (unpaired) electrons. The highest BCUT2D eigenvalue weighted by Gasteiger charge is 2.34. The molecule has 0 aromatic heterocycles. The van der Waals surface area contributed by atoms with Gasteiger partial charge in [0, 0.05) is 27.1 Å². The Bertz CT molecular complexity index is 163. The summed E-state index contributed by atoms with van der Waals surface area (Å²) in [6.45, 7) is 3.76. The maximum Gasteiger partial charge on any atom is 0.167 e. The summed E-state index contributed by atoms with van der Waals surface area (Å²) in [5.74, 6) is 0.552. The van der Waals surface area contributed by atoms with Crippen LogP contribution in [0, 0.1) is 5.92 Å². The maximum absolute atomic E-state index is 5.44. The van der Waals surface area contributed by atoms with Crippen LogP contribution in [-0.4, -0.2) is 20.0 Å². The van der Waals surface area contributed by atoms with Crippen molar-refractivity contribution >= 4 is 0 Å². The summed E-state index contributed by atoms with van der Waals surface area (Å²) in [5.41, 5.74) is 0. The van der Waals surface area contributed by atoms with Crippen LogP contribution in [0.15, 0.2) is 12.7 Å². The van der Waals surface area contributed by atoms with E-state index in [0.717, 1.165) is 25.2 Å². The molecule has 2 nitrogen and oxygen atoms in total. The topological polar surface area (TPSA) is 18.5 Å². The molecule has 82 valence electrons. The fourth-order valence-electron chi connectivity index (χ4n) is 2.25. The first-order valence-electron chi connectivity index (χ1n) is 5.47. The van der Waals surface area contributed by atoms with Gasteiger partial charge in [-0.25, -0.2) is 0 Å². The molecule has 0 N–H and O–H groups in total. The predicted octanol–water partition coefficient (Wildman–Crippen LogP) is 3.13. The van der Waals surface area contributed by atoms with Crippen LogP contribution in [-0.2, 0) is 9.47 Å². The monoisotopic (exact) mass is 198 g/mol. The van der Waals surface area contributed by atoms with E-state index in [0.29, 0.717) is 0 Å². The van der Waals surface area contributed by atoms with Crippen LogP contribution >= 0.6 is 0 Å². The summed E-state index contributed by atoms with van der Waals surface area (Å²) in [7, 11) is 3.49. The number of methoxy groups -OCH3 is 2. The molecule has 2 heteroatoms. The lowest BCUT2D eigenvalue weighted by molar-refractivity contribution is -0.227. The molecule has 0 unspecified atom stereocenters. The molecule has 1 fully saturated rings. The van der Waals surface area contributed by atoms with Gasteiger partial charge < -0.3 is 9.47 Å². The quantitative estimate of drug-likeness (QED) is 0.499. The van der Waals surface area contributed by atoms with E-state index in [1.54, 1.807) is 14.2 Å². The third kappa shape index (κ3) is 2.82. The lowest BCUT2D eigenvalue weighted by Crippen LogP contribution is -2.38. The lowest BCUT2D eigenvalue weighted by Gasteiger charge is -2.37. The second-order valence-corrected chi connectivity index (χ2v) is 4.13. The average Bonchev–Trinajstić information content (AvgIpc) is 2.27. The molecule has 0 bridgehead atoms. The van der Waals surface area contributed by atoms with E-state index in [2.05, 4.69) is 6.58 Å². The number of ether oxygens (including phenoxy) is 2. The highest BCUT2D eigenvalue weighted by atomic mass is 16.7. The van der Waals surface area contributed by atoms with Crippen LogP contribution in [0.25, 0.3) is 0 Å². The number of rotatable bonds is 5. The van der Waals surface area contributed by atoms with Crippen molar-refractivity contribution < 1.29 is 9.47 Å². The molecule has 0 atom stereocenters. The van der Waals surface area contributed by atoms with Crippen LogP contribution in [0.5, 0.6) is 0 Å². The molecule has 0 amide bonds. The smallest absolute Gasteiger partial charge is 0.167 e. The zero-order valence-electron chi connectivity index (χ0n) is 9.42. The van der Waals surface area contributed by atoms with Gasteiger partial charge in [0.25, 0.3) is 0 Å². The third-order valence-corrected chi connectivity index (χ3v) is 3.39. The SMILES string of the molecule is C=CCCC1CCC(OC)(OC)CC1. The van der Waals surface area contributed by atoms with Crippen molar-refractivity contribution in [1.29, 1.82) is 0 Å². The van der Waals surface area contributed by atoms with Crippen molar-refractivity contribution in [3.63, 3.8) is 0 Å². The molecule has 1 aliphatic rings. The Kier molecular flexibility index (Phi) is 4.63. The van der Waals surface area contributed by atoms with Gasteiger partial charge >= 0.3 is 0 Å². The number of allylic oxidation sites excluding steroid dienone is 1. The van der Waals surface area contributed by atoms with Crippen molar-refractivity contribution in [2.24, 2.45) is 5.92 Å². The van der Waals surface area contributed by atoms with E-state index < -0.39 is 0 Å². The van der Waals surface area contributed by atoms with Gasteiger partial charge in [-0.1, -0.05) is 6.08 Å². The Morgan fingerprint density at radius 1 is 1.29 bits per heavy atom. The predicted molar refractivity (Wildman–Crippen MR) is 58.1 cm³/mol. The van der Waals surface area contributed by atoms with Crippen molar-refractivity contribution in [2.75, 3.05) is 14.2 Å². The van der Waals surface area contributed by atoms with Crippen LogP contribution in [0.3, 0.4) is 0 Å². The van der Waals surface area contributed by atoms with Crippen LogP contribution in [0.2, 0.25) is 0 Å². The lowest BCUT2D eigenvalue weighted by atomic mass is 9.82. The standard InChI is InChI=1S/C12H22O2/c1-4-5-6-11-7-9-12(13-2,14-3)10-8-11/h4,11H,1,5-10H2,2-3H3. The largest absolute Gasteiger partial charge is 0.353 e. The second kappa shape index (κ2) is 5.52. The molecular weight excluding hydrogens is 176 g/mol. The molecule has 0 aromatic carbocycles. The van der Waals surface area contributed by atoms with Crippen LogP contribution in [0.4, 0.5) is 0 Å². The first-order chi connectivity index (χ1) is 6.76. The molecule has 0 aromatic rings. The van der Waals surface area contributed by atoms with E-state index in [4.69, 9.17) is 9.47 Å². The summed E-state index contributed by atoms with van der Waals surface area (Å²) in [6.07, 6.45) is 8.91. The minimum atomic E-state index is -0.287. The van der Waals surface area contributed by atoms with Crippen molar-refractivity contribution in [2.45, 2.75) is 44.3 Å². The molecule has 0 aliphatic heterocycles. The Morgan fingerprint density at radius 2 is 1.86 bits per heavy atom. The summed E-state index contributed by atoms with van der Waals surface area (Å²) in [6, 6.07) is 0. The van der Waals surface area contributed by atoms with Gasteiger partial charge in [0.1, 0.15) is 0 Å². The number of hydrogen-bond donors (Lipinski definition) is 0. The summed E-state index contributed by atoms with van der Waals surface area (Å²) < 4.78 is 10.9. The first-order valence-corrected chi connectivity index (χ1v) is 5.47. The minimum Gasteiger partial charge on any atom is -0.353 e. The van der Waals surface area contributed by atoms with E-state index >= 15 is 0 Å². The highest BCUT2D eigenvalue weighted by Crippen LogP contribution is 2.36. The zero-order valence-corrected chi connectivity index (χ0v) is 9.42. The van der Waals surface area contributed by atoms with Crippen molar-refractivity contribution in [3.8, 4) is 0 Å². The van der Waals surface area contributed by atoms with Crippen LogP contribution < -0.4 is 0 Å². The van der Waals surface area contributed by atoms with Crippen LogP contribution in [0.1, 0.15) is 38.5 Å². The molecule has 1 rings (SSSR count). The van der Waals surface area contributed by atoms with E-state index in [9.17, 15) is 0 Å². The zero-order chi connectivity index (χ0) is 10.4. The van der Waals surface area contributed by atoms with Gasteiger partial charge in [0.05, 0.1) is 0 Å². The summed E-state index contributed by atoms with van der Waals surface area (Å²) >= 11 is 0. The van der Waals surface area contributed by atoms with Gasteiger partial charge in [0.2, 0.25) is 0 Å². The first kappa shape index (κ1) is 11.7. The normalized spacial score (nSPS) is 22.1. The van der Waals surface area contributed by atoms with Gasteiger partial charge in [-0.2, -0.15) is 0 Å². The Morgan fingerprint density at radius 3 is 2.29 bits per heavy atom. The van der Waals surface area contributed by atoms with Gasteiger partial charge in [-0.15, -0.1) is 6.58 Å². The Labute approximate surface area is 87.3 Å². The van der Waals surface area contributed by atoms with Gasteiger partial charge in [-0.3, -0.25) is 0 Å². The Balaban J connectivity index is 2.32. The molecule has 0 spiro atoms. The van der Waals surface area contributed by atoms with Crippen molar-refractivity contribution in [3.05, 3.63) is 12.7 Å². The maximum atomic E-state index is 5.44. The molecule has 1 aliphatic carbocycles. The van der Waals surface area contributed by atoms with E-state index in [1.807, 2.05) is 6.08 Å². The molecule has 1 saturated carbocycles. The third-order valence-electron chi connectivity index (χ3n) is 3.39.